The highest BCUT2D eigenvalue weighted by Gasteiger charge is 2.00. The van der Waals surface area contributed by atoms with Crippen molar-refractivity contribution in [2.45, 2.75) is 19.5 Å². The molecular formula is C13H16NOP. The third-order valence-electron chi connectivity index (χ3n) is 2.54. The van der Waals surface area contributed by atoms with Crippen LogP contribution >= 0.6 is 7.53 Å². The molecule has 2 nitrogen and oxygen atoms in total. The van der Waals surface area contributed by atoms with Crippen molar-refractivity contribution < 1.29 is 5.11 Å². The van der Waals surface area contributed by atoms with Crippen LogP contribution in [0.25, 0.3) is 0 Å². The van der Waals surface area contributed by atoms with Crippen LogP contribution < -0.4 is 0 Å². The molecule has 3 heteroatoms. The number of hydrogen-bond acceptors (Lipinski definition) is 2. The van der Waals surface area contributed by atoms with Gasteiger partial charge in [0.2, 0.25) is 0 Å². The number of aliphatic hydroxyl groups is 1. The summed E-state index contributed by atoms with van der Waals surface area (Å²) < 4.78 is 0. The first-order valence-corrected chi connectivity index (χ1v) is 7.11. The molecule has 0 amide bonds. The summed E-state index contributed by atoms with van der Waals surface area (Å²) in [5.41, 5.74) is 3.71. The third-order valence-corrected chi connectivity index (χ3v) is 4.31. The Balaban J connectivity index is 2.05. The van der Waals surface area contributed by atoms with E-state index in [0.717, 1.165) is 11.9 Å². The average molecular weight is 233 g/mol. The van der Waals surface area contributed by atoms with Crippen LogP contribution in [0.1, 0.15) is 16.8 Å². The van der Waals surface area contributed by atoms with Crippen LogP contribution in [0.4, 0.5) is 0 Å². The van der Waals surface area contributed by atoms with Gasteiger partial charge in [-0.2, -0.15) is 0 Å². The van der Waals surface area contributed by atoms with Gasteiger partial charge in [-0.25, -0.2) is 0 Å². The van der Waals surface area contributed by atoms with E-state index in [4.69, 9.17) is 5.11 Å². The van der Waals surface area contributed by atoms with E-state index >= 15 is 0 Å². The summed E-state index contributed by atoms with van der Waals surface area (Å²) in [5, 5.41) is 8.83. The van der Waals surface area contributed by atoms with Crippen molar-refractivity contribution in [1.82, 2.24) is 4.98 Å². The lowest BCUT2D eigenvalue weighted by Gasteiger charge is -1.99. The lowest BCUT2D eigenvalue weighted by atomic mass is 10.2. The van der Waals surface area contributed by atoms with Crippen LogP contribution in [-0.2, 0) is 12.6 Å². The van der Waals surface area contributed by atoms with Gasteiger partial charge in [-0.1, -0.05) is 37.4 Å². The lowest BCUT2D eigenvalue weighted by molar-refractivity contribution is 0.298. The molecule has 0 aliphatic heterocycles. The van der Waals surface area contributed by atoms with Gasteiger partial charge < -0.3 is 5.11 Å². The van der Waals surface area contributed by atoms with E-state index in [-0.39, 0.29) is 14.1 Å². The van der Waals surface area contributed by atoms with Crippen LogP contribution in [0, 0.1) is 6.92 Å². The molecule has 2 rings (SSSR count). The molecule has 0 bridgehead atoms. The molecular weight excluding hydrogens is 217 g/mol. The van der Waals surface area contributed by atoms with E-state index in [2.05, 4.69) is 42.0 Å². The molecule has 2 aromatic rings. The first-order valence-electron chi connectivity index (χ1n) is 5.45. The van der Waals surface area contributed by atoms with E-state index in [9.17, 15) is 0 Å². The number of benzene rings is 1. The highest BCUT2D eigenvalue weighted by atomic mass is 31.1. The molecule has 1 unspecified atom stereocenters. The SMILES string of the molecule is Cc1ccc(Cp2cnc(CCO)c2)cc1. The minimum absolute atomic E-state index is 0.191. The smallest absolute Gasteiger partial charge is 0.0486 e. The first kappa shape index (κ1) is 11.4. The normalized spacial score (nSPS) is 11.8. The largest absolute Gasteiger partial charge is 0.396 e. The van der Waals surface area contributed by atoms with Crippen LogP contribution in [0.5, 0.6) is 0 Å². The maximum absolute atomic E-state index is 8.83. The van der Waals surface area contributed by atoms with Crippen LogP contribution in [-0.4, -0.2) is 16.7 Å². The number of rotatable bonds is 4. The van der Waals surface area contributed by atoms with E-state index < -0.39 is 0 Å². The molecule has 1 aromatic carbocycles. The summed E-state index contributed by atoms with van der Waals surface area (Å²) >= 11 is 0. The van der Waals surface area contributed by atoms with Crippen molar-refractivity contribution in [3.05, 3.63) is 52.8 Å². The number of hydrogen-bond donors (Lipinski definition) is 1. The molecule has 1 heterocycles. The van der Waals surface area contributed by atoms with Gasteiger partial charge >= 0.3 is 0 Å². The Hall–Kier alpha value is -1.11. The first-order chi connectivity index (χ1) is 7.78. The third kappa shape index (κ3) is 2.94. The summed E-state index contributed by atoms with van der Waals surface area (Å²) in [7, 11) is -0.247. The molecule has 0 saturated heterocycles. The van der Waals surface area contributed by atoms with Crippen molar-refractivity contribution in [1.29, 1.82) is 0 Å². The second-order valence-electron chi connectivity index (χ2n) is 4.00. The molecule has 0 radical (unpaired) electrons. The van der Waals surface area contributed by atoms with Crippen LogP contribution in [0.3, 0.4) is 0 Å². The van der Waals surface area contributed by atoms with Crippen molar-refractivity contribution in [3.8, 4) is 0 Å². The summed E-state index contributed by atoms with van der Waals surface area (Å²) in [5.74, 6) is 4.26. The predicted molar refractivity (Wildman–Crippen MR) is 68.0 cm³/mol. The van der Waals surface area contributed by atoms with Gasteiger partial charge in [-0.05, 0) is 18.3 Å². The van der Waals surface area contributed by atoms with Crippen molar-refractivity contribution >= 4 is 7.53 Å². The molecule has 0 spiro atoms. The Bertz CT molecular complexity index is 447. The number of aromatic nitrogens is 1. The molecule has 1 aromatic heterocycles. The Morgan fingerprint density at radius 2 is 2.00 bits per heavy atom. The molecule has 0 aliphatic rings. The predicted octanol–water partition coefficient (Wildman–Crippen LogP) is 2.96. The summed E-state index contributed by atoms with van der Waals surface area (Å²) in [4.78, 5) is 4.33. The van der Waals surface area contributed by atoms with Gasteiger partial charge in [0, 0.05) is 30.8 Å². The van der Waals surface area contributed by atoms with E-state index in [1.54, 1.807) is 0 Å². The minimum atomic E-state index is -0.247. The zero-order valence-electron chi connectivity index (χ0n) is 9.43. The number of aliphatic hydroxyl groups excluding tert-OH is 1. The summed E-state index contributed by atoms with van der Waals surface area (Å²) in [6.45, 7) is 2.29. The summed E-state index contributed by atoms with van der Waals surface area (Å²) in [6.07, 6.45) is 1.75. The molecule has 0 aliphatic carbocycles. The zero-order chi connectivity index (χ0) is 11.4. The second kappa shape index (κ2) is 5.29. The van der Waals surface area contributed by atoms with Gasteiger partial charge in [-0.15, -0.1) is 0 Å². The molecule has 1 atom stereocenters. The van der Waals surface area contributed by atoms with Crippen LogP contribution in [0.15, 0.2) is 36.0 Å². The fraction of sp³-hybridized carbons (Fsp3) is 0.308. The Labute approximate surface area is 97.0 Å². The lowest BCUT2D eigenvalue weighted by Crippen LogP contribution is -1.88. The second-order valence-corrected chi connectivity index (χ2v) is 5.83. The van der Waals surface area contributed by atoms with Gasteiger partial charge in [0.1, 0.15) is 0 Å². The molecule has 16 heavy (non-hydrogen) atoms. The molecule has 84 valence electrons. The highest BCUT2D eigenvalue weighted by molar-refractivity contribution is 7.47. The van der Waals surface area contributed by atoms with Gasteiger partial charge in [0.05, 0.1) is 0 Å². The highest BCUT2D eigenvalue weighted by Crippen LogP contribution is 2.31. The van der Waals surface area contributed by atoms with Gasteiger partial charge in [0.25, 0.3) is 0 Å². The van der Waals surface area contributed by atoms with Crippen LogP contribution in [0.2, 0.25) is 0 Å². The number of nitrogens with zero attached hydrogens (tertiary/aromatic N) is 1. The van der Waals surface area contributed by atoms with E-state index in [1.807, 2.05) is 5.93 Å². The van der Waals surface area contributed by atoms with Crippen molar-refractivity contribution in [2.75, 3.05) is 6.61 Å². The maximum Gasteiger partial charge on any atom is 0.0486 e. The zero-order valence-corrected chi connectivity index (χ0v) is 10.3. The number of aryl methyl sites for hydroxylation is 1. The average Bonchev–Trinajstić information content (AvgIpc) is 2.70. The van der Waals surface area contributed by atoms with Gasteiger partial charge in [0.15, 0.2) is 0 Å². The Morgan fingerprint density at radius 3 is 2.69 bits per heavy atom. The minimum Gasteiger partial charge on any atom is -0.396 e. The van der Waals surface area contributed by atoms with E-state index in [0.29, 0.717) is 6.42 Å². The molecule has 0 fully saturated rings. The molecule has 1 N–H and O–H groups in total. The quantitative estimate of drug-likeness (QED) is 0.880. The Morgan fingerprint density at radius 1 is 1.25 bits per heavy atom. The molecule has 0 saturated carbocycles. The fourth-order valence-electron chi connectivity index (χ4n) is 1.64. The van der Waals surface area contributed by atoms with E-state index in [1.165, 1.54) is 11.1 Å². The monoisotopic (exact) mass is 233 g/mol. The maximum atomic E-state index is 8.83. The van der Waals surface area contributed by atoms with Crippen molar-refractivity contribution in [2.24, 2.45) is 0 Å². The fourth-order valence-corrected chi connectivity index (χ4v) is 3.39. The van der Waals surface area contributed by atoms with Crippen molar-refractivity contribution in [3.63, 3.8) is 0 Å². The van der Waals surface area contributed by atoms with Gasteiger partial charge in [-0.3, -0.25) is 4.98 Å². The standard InChI is InChI=1S/C13H16NOP/c1-11-2-4-12(5-3-11)8-16-9-13(6-7-15)14-10-16/h2-5,9-10,15H,6-8H2,1H3. The summed E-state index contributed by atoms with van der Waals surface area (Å²) in [6, 6.07) is 8.67. The topological polar surface area (TPSA) is 33.1 Å². The Kier molecular flexibility index (Phi) is 3.76.